The van der Waals surface area contributed by atoms with Crippen LogP contribution in [0.3, 0.4) is 0 Å². The van der Waals surface area contributed by atoms with Crippen LogP contribution in [0.15, 0.2) is 6.07 Å². The Morgan fingerprint density at radius 2 is 2.06 bits per heavy atom. The van der Waals surface area contributed by atoms with Gasteiger partial charge in [0.25, 0.3) is 0 Å². The topological polar surface area (TPSA) is 49.3 Å². The molecule has 1 aliphatic rings. The summed E-state index contributed by atoms with van der Waals surface area (Å²) < 4.78 is 37.5. The minimum Gasteiger partial charge on any atom is -0.390 e. The lowest BCUT2D eigenvalue weighted by atomic mass is 10.3. The Kier molecular flexibility index (Phi) is 3.43. The number of aromatic nitrogens is 2. The van der Waals surface area contributed by atoms with Gasteiger partial charge in [-0.05, 0) is 25.8 Å². The number of aryl methyl sites for hydroxylation is 1. The molecule has 1 aromatic rings. The molecule has 0 aromatic carbocycles. The number of aliphatic hydroxyl groups excluding tert-OH is 1. The van der Waals surface area contributed by atoms with E-state index in [9.17, 15) is 13.2 Å². The molecule has 1 fully saturated rings. The maximum absolute atomic E-state index is 12.5. The van der Waals surface area contributed by atoms with Gasteiger partial charge in [0, 0.05) is 11.7 Å². The molecular weight excluding hydrogens is 247 g/mol. The highest BCUT2D eigenvalue weighted by Crippen LogP contribution is 2.32. The van der Waals surface area contributed by atoms with Crippen LogP contribution in [0.1, 0.15) is 24.2 Å². The fourth-order valence-electron chi connectivity index (χ4n) is 1.77. The average molecular weight is 261 g/mol. The van der Waals surface area contributed by atoms with Crippen molar-refractivity contribution >= 4 is 5.95 Å². The maximum atomic E-state index is 12.5. The summed E-state index contributed by atoms with van der Waals surface area (Å²) in [5, 5.41) is 9.02. The molecule has 1 aliphatic carbocycles. The number of anilines is 1. The van der Waals surface area contributed by atoms with Gasteiger partial charge in [-0.15, -0.1) is 0 Å². The molecule has 4 nitrogen and oxygen atoms in total. The van der Waals surface area contributed by atoms with Crippen molar-refractivity contribution in [3.05, 3.63) is 17.5 Å². The number of alkyl halides is 3. The van der Waals surface area contributed by atoms with E-state index in [-0.39, 0.29) is 18.6 Å². The van der Waals surface area contributed by atoms with E-state index in [1.165, 1.54) is 4.90 Å². The Balaban J connectivity index is 2.27. The van der Waals surface area contributed by atoms with Crippen LogP contribution in [-0.4, -0.2) is 33.8 Å². The molecule has 2 rings (SSSR count). The summed E-state index contributed by atoms with van der Waals surface area (Å²) >= 11 is 0. The van der Waals surface area contributed by atoms with Crippen LogP contribution in [0.2, 0.25) is 0 Å². The third-order valence-corrected chi connectivity index (χ3v) is 2.65. The van der Waals surface area contributed by atoms with Crippen molar-refractivity contribution in [2.24, 2.45) is 0 Å². The molecule has 100 valence electrons. The van der Waals surface area contributed by atoms with Crippen LogP contribution in [-0.2, 0) is 6.61 Å². The molecule has 0 aliphatic heterocycles. The number of nitrogens with zero attached hydrogens (tertiary/aromatic N) is 3. The van der Waals surface area contributed by atoms with Crippen LogP contribution >= 0.6 is 0 Å². The first-order valence-electron chi connectivity index (χ1n) is 5.68. The minimum atomic E-state index is -4.28. The summed E-state index contributed by atoms with van der Waals surface area (Å²) in [7, 11) is 0. The molecule has 1 aromatic heterocycles. The van der Waals surface area contributed by atoms with E-state index in [4.69, 9.17) is 5.11 Å². The van der Waals surface area contributed by atoms with E-state index < -0.39 is 12.7 Å². The number of aliphatic hydroxyl groups is 1. The van der Waals surface area contributed by atoms with Crippen LogP contribution in [0.5, 0.6) is 0 Å². The van der Waals surface area contributed by atoms with Crippen molar-refractivity contribution in [3.8, 4) is 0 Å². The average Bonchev–Trinajstić information content (AvgIpc) is 3.07. The number of rotatable bonds is 4. The lowest BCUT2D eigenvalue weighted by molar-refractivity contribution is -0.120. The summed E-state index contributed by atoms with van der Waals surface area (Å²) in [5.41, 5.74) is 0.891. The molecule has 0 spiro atoms. The van der Waals surface area contributed by atoms with Gasteiger partial charge in [0.2, 0.25) is 5.95 Å². The Bertz CT molecular complexity index is 432. The smallest absolute Gasteiger partial charge is 0.390 e. The fraction of sp³-hybridized carbons (Fsp3) is 0.636. The molecule has 0 unspecified atom stereocenters. The summed E-state index contributed by atoms with van der Waals surface area (Å²) in [6.45, 7) is 0.315. The van der Waals surface area contributed by atoms with Crippen molar-refractivity contribution in [2.75, 3.05) is 11.4 Å². The lowest BCUT2D eigenvalue weighted by Crippen LogP contribution is -2.37. The first-order valence-corrected chi connectivity index (χ1v) is 5.68. The molecule has 0 radical (unpaired) electrons. The van der Waals surface area contributed by atoms with E-state index in [1.807, 2.05) is 0 Å². The second-order valence-corrected chi connectivity index (χ2v) is 4.43. The van der Waals surface area contributed by atoms with E-state index in [0.29, 0.717) is 11.4 Å². The van der Waals surface area contributed by atoms with Gasteiger partial charge in [-0.25, -0.2) is 9.97 Å². The largest absolute Gasteiger partial charge is 0.406 e. The molecule has 1 N–H and O–H groups in total. The molecule has 0 bridgehead atoms. The van der Waals surface area contributed by atoms with Gasteiger partial charge in [0.05, 0.1) is 12.3 Å². The van der Waals surface area contributed by atoms with Crippen molar-refractivity contribution in [3.63, 3.8) is 0 Å². The third-order valence-electron chi connectivity index (χ3n) is 2.65. The van der Waals surface area contributed by atoms with Gasteiger partial charge in [0.1, 0.15) is 6.54 Å². The predicted octanol–water partition coefficient (Wildman–Crippen LogP) is 1.81. The highest BCUT2D eigenvalue weighted by molar-refractivity contribution is 5.36. The van der Waals surface area contributed by atoms with E-state index >= 15 is 0 Å². The standard InChI is InChI=1S/C11H14F3N3O/c1-7-4-8(5-18)16-10(15-7)17(9-2-3-9)6-11(12,13)14/h4,9,18H,2-3,5-6H2,1H3. The minimum absolute atomic E-state index is 0.0545. The lowest BCUT2D eigenvalue weighted by Gasteiger charge is -2.24. The summed E-state index contributed by atoms with van der Waals surface area (Å²) in [5.74, 6) is 0.0545. The quantitative estimate of drug-likeness (QED) is 0.898. The fourth-order valence-corrected chi connectivity index (χ4v) is 1.77. The molecule has 7 heteroatoms. The van der Waals surface area contributed by atoms with Crippen LogP contribution in [0.25, 0.3) is 0 Å². The molecule has 0 atom stereocenters. The normalized spacial score (nSPS) is 15.8. The van der Waals surface area contributed by atoms with E-state index in [1.54, 1.807) is 13.0 Å². The monoisotopic (exact) mass is 261 g/mol. The second kappa shape index (κ2) is 4.72. The molecule has 1 heterocycles. The summed E-state index contributed by atoms with van der Waals surface area (Å²) in [4.78, 5) is 9.17. The SMILES string of the molecule is Cc1cc(CO)nc(N(CC(F)(F)F)C2CC2)n1. The third kappa shape index (κ3) is 3.32. The van der Waals surface area contributed by atoms with Gasteiger partial charge in [0.15, 0.2) is 0 Å². The molecule has 18 heavy (non-hydrogen) atoms. The molecular formula is C11H14F3N3O. The zero-order valence-corrected chi connectivity index (χ0v) is 9.91. The Morgan fingerprint density at radius 3 is 2.56 bits per heavy atom. The van der Waals surface area contributed by atoms with Crippen LogP contribution in [0.4, 0.5) is 19.1 Å². The Hall–Kier alpha value is -1.37. The second-order valence-electron chi connectivity index (χ2n) is 4.43. The first kappa shape index (κ1) is 13.1. The molecule has 0 amide bonds. The summed E-state index contributed by atoms with van der Waals surface area (Å²) in [6.07, 6.45) is -2.83. The zero-order chi connectivity index (χ0) is 13.3. The van der Waals surface area contributed by atoms with Gasteiger partial charge >= 0.3 is 6.18 Å². The maximum Gasteiger partial charge on any atom is 0.406 e. The van der Waals surface area contributed by atoms with Crippen molar-refractivity contribution < 1.29 is 18.3 Å². The Morgan fingerprint density at radius 1 is 1.39 bits per heavy atom. The van der Waals surface area contributed by atoms with Gasteiger partial charge in [-0.1, -0.05) is 0 Å². The first-order chi connectivity index (χ1) is 8.39. The highest BCUT2D eigenvalue weighted by Gasteiger charge is 2.39. The number of halogens is 3. The number of hydrogen-bond acceptors (Lipinski definition) is 4. The predicted molar refractivity (Wildman–Crippen MR) is 59.1 cm³/mol. The van der Waals surface area contributed by atoms with Crippen molar-refractivity contribution in [2.45, 2.75) is 38.6 Å². The molecule has 0 saturated heterocycles. The van der Waals surface area contributed by atoms with E-state index in [0.717, 1.165) is 12.8 Å². The highest BCUT2D eigenvalue weighted by atomic mass is 19.4. The zero-order valence-electron chi connectivity index (χ0n) is 9.91. The Labute approximate surface area is 102 Å². The van der Waals surface area contributed by atoms with E-state index in [2.05, 4.69) is 9.97 Å². The number of hydrogen-bond donors (Lipinski definition) is 1. The van der Waals surface area contributed by atoms with Crippen molar-refractivity contribution in [1.29, 1.82) is 0 Å². The molecule has 1 saturated carbocycles. The van der Waals surface area contributed by atoms with Gasteiger partial charge in [-0.2, -0.15) is 13.2 Å². The summed E-state index contributed by atoms with van der Waals surface area (Å²) in [6, 6.07) is 1.42. The van der Waals surface area contributed by atoms with Gasteiger partial charge in [-0.3, -0.25) is 0 Å². The van der Waals surface area contributed by atoms with Crippen LogP contribution in [0, 0.1) is 6.92 Å². The van der Waals surface area contributed by atoms with Gasteiger partial charge < -0.3 is 10.0 Å². The van der Waals surface area contributed by atoms with Crippen LogP contribution < -0.4 is 4.90 Å². The van der Waals surface area contributed by atoms with Crippen molar-refractivity contribution in [1.82, 2.24) is 9.97 Å².